The van der Waals surface area contributed by atoms with Gasteiger partial charge in [-0.05, 0) is 38.1 Å². The molecule has 0 aromatic heterocycles. The number of hydrogen-bond acceptors (Lipinski definition) is 3. The summed E-state index contributed by atoms with van der Waals surface area (Å²) < 4.78 is 18.9. The molecule has 21 heavy (non-hydrogen) atoms. The van der Waals surface area contributed by atoms with Crippen LogP contribution in [0.4, 0.5) is 15.8 Å². The summed E-state index contributed by atoms with van der Waals surface area (Å²) in [6.45, 7) is 3.97. The van der Waals surface area contributed by atoms with Gasteiger partial charge in [0.2, 0.25) is 0 Å². The normalized spacial score (nSPS) is 10.2. The number of nitrogens with one attached hydrogen (secondary N) is 1. The molecular formula is C16H16FNO3. The highest BCUT2D eigenvalue weighted by Crippen LogP contribution is 2.26. The third-order valence-corrected chi connectivity index (χ3v) is 2.92. The number of halogens is 1. The number of benzene rings is 2. The Labute approximate surface area is 122 Å². The van der Waals surface area contributed by atoms with E-state index in [-0.39, 0.29) is 11.3 Å². The standard InChI is InChI=1S/C16H16FNO3/c1-3-21-15-7-5-11(9-13(15)17)18-14-6-4-10(2)8-12(14)16(19)20/h4-9,18H,3H2,1-2H3,(H,19,20). The average Bonchev–Trinajstić information content (AvgIpc) is 2.44. The number of rotatable bonds is 5. The molecular weight excluding hydrogens is 273 g/mol. The van der Waals surface area contributed by atoms with Crippen molar-refractivity contribution in [2.45, 2.75) is 13.8 Å². The van der Waals surface area contributed by atoms with Gasteiger partial charge in [0.15, 0.2) is 11.6 Å². The molecule has 0 fully saturated rings. The zero-order chi connectivity index (χ0) is 15.4. The van der Waals surface area contributed by atoms with Crippen LogP contribution in [-0.2, 0) is 0 Å². The van der Waals surface area contributed by atoms with E-state index in [1.165, 1.54) is 12.1 Å². The molecule has 2 aromatic carbocycles. The summed E-state index contributed by atoms with van der Waals surface area (Å²) in [5.41, 5.74) is 1.86. The highest BCUT2D eigenvalue weighted by Gasteiger charge is 2.11. The third kappa shape index (κ3) is 3.51. The molecule has 5 heteroatoms. The zero-order valence-electron chi connectivity index (χ0n) is 11.8. The second-order valence-electron chi connectivity index (χ2n) is 4.56. The van der Waals surface area contributed by atoms with Crippen LogP contribution in [0.5, 0.6) is 5.75 Å². The van der Waals surface area contributed by atoms with Crippen LogP contribution in [0.25, 0.3) is 0 Å². The largest absolute Gasteiger partial charge is 0.491 e. The van der Waals surface area contributed by atoms with Crippen LogP contribution in [0.2, 0.25) is 0 Å². The highest BCUT2D eigenvalue weighted by molar-refractivity contribution is 5.95. The Morgan fingerprint density at radius 1 is 1.29 bits per heavy atom. The van der Waals surface area contributed by atoms with Crippen LogP contribution in [0, 0.1) is 12.7 Å². The Kier molecular flexibility index (Phi) is 4.42. The minimum atomic E-state index is -1.03. The molecule has 0 radical (unpaired) electrons. The van der Waals surface area contributed by atoms with Crippen LogP contribution in [0.1, 0.15) is 22.8 Å². The van der Waals surface area contributed by atoms with Gasteiger partial charge in [-0.1, -0.05) is 11.6 Å². The van der Waals surface area contributed by atoms with Crippen molar-refractivity contribution in [3.63, 3.8) is 0 Å². The van der Waals surface area contributed by atoms with Gasteiger partial charge in [-0.15, -0.1) is 0 Å². The lowest BCUT2D eigenvalue weighted by molar-refractivity contribution is 0.0698. The second-order valence-corrected chi connectivity index (χ2v) is 4.56. The smallest absolute Gasteiger partial charge is 0.337 e. The van der Waals surface area contributed by atoms with E-state index in [0.29, 0.717) is 18.0 Å². The minimum absolute atomic E-state index is 0.143. The Balaban J connectivity index is 2.30. The SMILES string of the molecule is CCOc1ccc(Nc2ccc(C)cc2C(=O)O)cc1F. The molecule has 0 unspecified atom stereocenters. The van der Waals surface area contributed by atoms with Gasteiger partial charge in [-0.2, -0.15) is 0 Å². The molecule has 2 N–H and O–H groups in total. The van der Waals surface area contributed by atoms with Crippen molar-refractivity contribution < 1.29 is 19.0 Å². The number of hydrogen-bond donors (Lipinski definition) is 2. The van der Waals surface area contributed by atoms with Crippen LogP contribution < -0.4 is 10.1 Å². The maximum Gasteiger partial charge on any atom is 0.337 e. The molecule has 110 valence electrons. The van der Waals surface area contributed by atoms with Crippen molar-refractivity contribution >= 4 is 17.3 Å². The first kappa shape index (κ1) is 14.8. The lowest BCUT2D eigenvalue weighted by Crippen LogP contribution is -2.03. The number of carboxylic acid groups (broad SMARTS) is 1. The molecule has 0 bridgehead atoms. The number of aromatic carboxylic acids is 1. The lowest BCUT2D eigenvalue weighted by atomic mass is 10.1. The highest BCUT2D eigenvalue weighted by atomic mass is 19.1. The second kappa shape index (κ2) is 6.26. The summed E-state index contributed by atoms with van der Waals surface area (Å²) in [5.74, 6) is -1.36. The molecule has 2 rings (SSSR count). The average molecular weight is 289 g/mol. The molecule has 0 atom stereocenters. The number of anilines is 2. The summed E-state index contributed by atoms with van der Waals surface area (Å²) in [6.07, 6.45) is 0. The molecule has 0 saturated carbocycles. The number of aryl methyl sites for hydroxylation is 1. The van der Waals surface area contributed by atoms with Crippen LogP contribution in [-0.4, -0.2) is 17.7 Å². The fraction of sp³-hybridized carbons (Fsp3) is 0.188. The van der Waals surface area contributed by atoms with Crippen LogP contribution in [0.15, 0.2) is 36.4 Å². The van der Waals surface area contributed by atoms with Gasteiger partial charge < -0.3 is 15.2 Å². The van der Waals surface area contributed by atoms with Gasteiger partial charge in [0.05, 0.1) is 17.9 Å². The van der Waals surface area contributed by atoms with Gasteiger partial charge in [0.1, 0.15) is 0 Å². The molecule has 0 saturated heterocycles. The first-order valence-electron chi connectivity index (χ1n) is 6.54. The molecule has 4 nitrogen and oxygen atoms in total. The quantitative estimate of drug-likeness (QED) is 0.874. The topological polar surface area (TPSA) is 58.6 Å². The maximum atomic E-state index is 13.8. The first-order valence-corrected chi connectivity index (χ1v) is 6.54. The molecule has 0 amide bonds. The Morgan fingerprint density at radius 2 is 2.05 bits per heavy atom. The number of carbonyl (C=O) groups is 1. The van der Waals surface area contributed by atoms with E-state index in [0.717, 1.165) is 5.56 Å². The van der Waals surface area contributed by atoms with Crippen molar-refractivity contribution in [2.24, 2.45) is 0 Å². The number of ether oxygens (including phenoxy) is 1. The third-order valence-electron chi connectivity index (χ3n) is 2.92. The monoisotopic (exact) mass is 289 g/mol. The summed E-state index contributed by atoms with van der Waals surface area (Å²) in [6, 6.07) is 9.44. The van der Waals surface area contributed by atoms with Gasteiger partial charge in [0.25, 0.3) is 0 Å². The summed E-state index contributed by atoms with van der Waals surface area (Å²) in [5, 5.41) is 12.1. The van der Waals surface area contributed by atoms with E-state index in [2.05, 4.69) is 5.32 Å². The zero-order valence-corrected chi connectivity index (χ0v) is 11.8. The predicted molar refractivity (Wildman–Crippen MR) is 79.0 cm³/mol. The molecule has 2 aromatic rings. The lowest BCUT2D eigenvalue weighted by Gasteiger charge is -2.12. The molecule has 0 spiro atoms. The first-order chi connectivity index (χ1) is 10.0. The fourth-order valence-corrected chi connectivity index (χ4v) is 1.95. The van der Waals surface area contributed by atoms with Crippen molar-refractivity contribution in [2.75, 3.05) is 11.9 Å². The Morgan fingerprint density at radius 3 is 2.67 bits per heavy atom. The van der Waals surface area contributed by atoms with Crippen LogP contribution >= 0.6 is 0 Å². The van der Waals surface area contributed by atoms with E-state index >= 15 is 0 Å². The fourth-order valence-electron chi connectivity index (χ4n) is 1.95. The van der Waals surface area contributed by atoms with Crippen molar-refractivity contribution in [3.05, 3.63) is 53.3 Å². The predicted octanol–water partition coefficient (Wildman–Crippen LogP) is 3.97. The Hall–Kier alpha value is -2.56. The molecule has 0 aliphatic rings. The van der Waals surface area contributed by atoms with E-state index in [9.17, 15) is 14.3 Å². The molecule has 0 aliphatic carbocycles. The van der Waals surface area contributed by atoms with Gasteiger partial charge >= 0.3 is 5.97 Å². The van der Waals surface area contributed by atoms with Crippen molar-refractivity contribution in [3.8, 4) is 5.75 Å². The minimum Gasteiger partial charge on any atom is -0.491 e. The molecule has 0 aliphatic heterocycles. The van der Waals surface area contributed by atoms with Gasteiger partial charge in [0, 0.05) is 11.8 Å². The summed E-state index contributed by atoms with van der Waals surface area (Å²) in [4.78, 5) is 11.2. The van der Waals surface area contributed by atoms with Crippen LogP contribution in [0.3, 0.4) is 0 Å². The van der Waals surface area contributed by atoms with Crippen molar-refractivity contribution in [1.29, 1.82) is 0 Å². The van der Waals surface area contributed by atoms with E-state index in [4.69, 9.17) is 4.74 Å². The molecule has 0 heterocycles. The van der Waals surface area contributed by atoms with Gasteiger partial charge in [-0.25, -0.2) is 9.18 Å². The van der Waals surface area contributed by atoms with E-state index in [1.807, 2.05) is 6.92 Å². The summed E-state index contributed by atoms with van der Waals surface area (Å²) in [7, 11) is 0. The van der Waals surface area contributed by atoms with E-state index < -0.39 is 11.8 Å². The van der Waals surface area contributed by atoms with E-state index in [1.54, 1.807) is 31.2 Å². The van der Waals surface area contributed by atoms with Gasteiger partial charge in [-0.3, -0.25) is 0 Å². The summed E-state index contributed by atoms with van der Waals surface area (Å²) >= 11 is 0. The maximum absolute atomic E-state index is 13.8. The number of carboxylic acids is 1. The van der Waals surface area contributed by atoms with Crippen molar-refractivity contribution in [1.82, 2.24) is 0 Å². The Bertz CT molecular complexity index is 671.